The molecule has 2 rings (SSSR count). The van der Waals surface area contributed by atoms with Crippen molar-refractivity contribution < 1.29 is 0 Å². The number of hydrogen-bond donors (Lipinski definition) is 0. The number of tetrazole rings is 1. The molecule has 1 atom stereocenters. The van der Waals surface area contributed by atoms with E-state index in [1.165, 1.54) is 5.56 Å². The zero-order valence-electron chi connectivity index (χ0n) is 8.66. The van der Waals surface area contributed by atoms with Gasteiger partial charge in [-0.1, -0.05) is 42.1 Å². The summed E-state index contributed by atoms with van der Waals surface area (Å²) in [4.78, 5) is 0. The summed E-state index contributed by atoms with van der Waals surface area (Å²) in [5.41, 5.74) is 1.28. The van der Waals surface area contributed by atoms with Crippen molar-refractivity contribution >= 4 is 11.8 Å². The van der Waals surface area contributed by atoms with E-state index in [1.807, 2.05) is 25.2 Å². The second-order valence-corrected chi connectivity index (χ2v) is 4.56. The SMILES string of the molecule is C[C@H](Sc1nnnn1C)c1ccccc1. The van der Waals surface area contributed by atoms with E-state index in [-0.39, 0.29) is 0 Å². The van der Waals surface area contributed by atoms with Gasteiger partial charge >= 0.3 is 0 Å². The molecule has 1 aromatic heterocycles. The van der Waals surface area contributed by atoms with E-state index < -0.39 is 0 Å². The van der Waals surface area contributed by atoms with Gasteiger partial charge in [0, 0.05) is 12.3 Å². The van der Waals surface area contributed by atoms with Crippen LogP contribution in [0, 0.1) is 0 Å². The minimum atomic E-state index is 0.357. The van der Waals surface area contributed by atoms with Crippen LogP contribution in [0.15, 0.2) is 35.5 Å². The maximum atomic E-state index is 3.95. The lowest BCUT2D eigenvalue weighted by atomic mass is 10.2. The van der Waals surface area contributed by atoms with Crippen LogP contribution in [0.5, 0.6) is 0 Å². The quantitative estimate of drug-likeness (QED) is 0.743. The van der Waals surface area contributed by atoms with Crippen LogP contribution in [0.3, 0.4) is 0 Å². The first kappa shape index (κ1) is 10.2. The summed E-state index contributed by atoms with van der Waals surface area (Å²) in [5.74, 6) is 0. The normalized spacial score (nSPS) is 12.7. The lowest BCUT2D eigenvalue weighted by molar-refractivity contribution is 0.663. The summed E-state index contributed by atoms with van der Waals surface area (Å²) in [6.45, 7) is 2.15. The summed E-state index contributed by atoms with van der Waals surface area (Å²) < 4.78 is 1.68. The van der Waals surface area contributed by atoms with Crippen LogP contribution in [0.4, 0.5) is 0 Å². The summed E-state index contributed by atoms with van der Waals surface area (Å²) >= 11 is 1.66. The van der Waals surface area contributed by atoms with Crippen LogP contribution in [-0.2, 0) is 7.05 Å². The van der Waals surface area contributed by atoms with Gasteiger partial charge in [-0.05, 0) is 22.9 Å². The third-order valence-corrected chi connectivity index (χ3v) is 3.31. The van der Waals surface area contributed by atoms with Crippen molar-refractivity contribution in [2.75, 3.05) is 0 Å². The number of aryl methyl sites for hydroxylation is 1. The molecule has 0 bridgehead atoms. The van der Waals surface area contributed by atoms with Gasteiger partial charge in [0.25, 0.3) is 0 Å². The van der Waals surface area contributed by atoms with Crippen molar-refractivity contribution in [3.63, 3.8) is 0 Å². The van der Waals surface area contributed by atoms with Crippen molar-refractivity contribution in [2.24, 2.45) is 7.05 Å². The predicted molar refractivity (Wildman–Crippen MR) is 59.5 cm³/mol. The predicted octanol–water partition coefficient (Wildman–Crippen LogP) is 2.06. The number of rotatable bonds is 3. The fraction of sp³-hybridized carbons (Fsp3) is 0.300. The monoisotopic (exact) mass is 220 g/mol. The number of aromatic nitrogens is 4. The number of nitrogens with zero attached hydrogens (tertiary/aromatic N) is 4. The highest BCUT2D eigenvalue weighted by molar-refractivity contribution is 7.99. The highest BCUT2D eigenvalue weighted by atomic mass is 32.2. The fourth-order valence-corrected chi connectivity index (χ4v) is 2.15. The Morgan fingerprint density at radius 2 is 2.00 bits per heavy atom. The molecule has 2 aromatic rings. The van der Waals surface area contributed by atoms with Crippen molar-refractivity contribution in [3.05, 3.63) is 35.9 Å². The standard InChI is InChI=1S/C10H12N4S/c1-8(9-6-4-3-5-7-9)15-10-11-12-13-14(10)2/h3-8H,1-2H3/t8-/m0/s1. The molecule has 1 heterocycles. The molecule has 0 aliphatic rings. The highest BCUT2D eigenvalue weighted by Gasteiger charge is 2.10. The van der Waals surface area contributed by atoms with Crippen molar-refractivity contribution in [2.45, 2.75) is 17.3 Å². The van der Waals surface area contributed by atoms with Crippen LogP contribution in [-0.4, -0.2) is 20.2 Å². The van der Waals surface area contributed by atoms with Gasteiger partial charge in [0.15, 0.2) is 0 Å². The maximum absolute atomic E-state index is 3.95. The van der Waals surface area contributed by atoms with E-state index in [1.54, 1.807) is 16.4 Å². The minimum Gasteiger partial charge on any atom is -0.224 e. The van der Waals surface area contributed by atoms with Gasteiger partial charge in [0.05, 0.1) is 0 Å². The van der Waals surface area contributed by atoms with E-state index >= 15 is 0 Å². The molecular weight excluding hydrogens is 208 g/mol. The van der Waals surface area contributed by atoms with Gasteiger partial charge in [-0.3, -0.25) is 0 Å². The first-order valence-electron chi connectivity index (χ1n) is 4.71. The van der Waals surface area contributed by atoms with Gasteiger partial charge in [-0.15, -0.1) is 5.10 Å². The van der Waals surface area contributed by atoms with Gasteiger partial charge in [-0.2, -0.15) is 0 Å². The molecule has 0 amide bonds. The third kappa shape index (κ3) is 2.36. The van der Waals surface area contributed by atoms with Crippen LogP contribution in [0.2, 0.25) is 0 Å². The molecule has 0 fully saturated rings. The zero-order chi connectivity index (χ0) is 10.7. The molecule has 15 heavy (non-hydrogen) atoms. The molecule has 0 N–H and O–H groups in total. The maximum Gasteiger partial charge on any atom is 0.209 e. The Morgan fingerprint density at radius 1 is 1.27 bits per heavy atom. The van der Waals surface area contributed by atoms with Crippen LogP contribution in [0.25, 0.3) is 0 Å². The van der Waals surface area contributed by atoms with E-state index in [0.29, 0.717) is 5.25 Å². The summed E-state index contributed by atoms with van der Waals surface area (Å²) in [6, 6.07) is 10.3. The third-order valence-electron chi connectivity index (χ3n) is 2.13. The molecule has 5 heteroatoms. The number of benzene rings is 1. The first-order chi connectivity index (χ1) is 7.27. The van der Waals surface area contributed by atoms with Crippen molar-refractivity contribution in [1.29, 1.82) is 0 Å². The topological polar surface area (TPSA) is 43.6 Å². The second kappa shape index (κ2) is 4.44. The van der Waals surface area contributed by atoms with E-state index in [0.717, 1.165) is 5.16 Å². The average Bonchev–Trinajstić information content (AvgIpc) is 2.66. The molecule has 0 aliphatic heterocycles. The Balaban J connectivity index is 2.11. The highest BCUT2D eigenvalue weighted by Crippen LogP contribution is 2.32. The van der Waals surface area contributed by atoms with E-state index in [4.69, 9.17) is 0 Å². The van der Waals surface area contributed by atoms with Gasteiger partial charge in [0.1, 0.15) is 0 Å². The smallest absolute Gasteiger partial charge is 0.209 e. The van der Waals surface area contributed by atoms with Gasteiger partial charge < -0.3 is 0 Å². The Hall–Kier alpha value is -1.36. The average molecular weight is 220 g/mol. The van der Waals surface area contributed by atoms with Gasteiger partial charge in [0.2, 0.25) is 5.16 Å². The summed E-state index contributed by atoms with van der Waals surface area (Å²) in [7, 11) is 1.85. The summed E-state index contributed by atoms with van der Waals surface area (Å²) in [6.07, 6.45) is 0. The van der Waals surface area contributed by atoms with E-state index in [9.17, 15) is 0 Å². The molecular formula is C10H12N4S. The first-order valence-corrected chi connectivity index (χ1v) is 5.59. The number of thioether (sulfide) groups is 1. The summed E-state index contributed by atoms with van der Waals surface area (Å²) in [5, 5.41) is 12.6. The Kier molecular flexibility index (Phi) is 3.01. The second-order valence-electron chi connectivity index (χ2n) is 3.26. The van der Waals surface area contributed by atoms with Crippen LogP contribution in [0.1, 0.15) is 17.7 Å². The molecule has 0 spiro atoms. The Morgan fingerprint density at radius 3 is 2.60 bits per heavy atom. The Bertz CT molecular complexity index is 426. The van der Waals surface area contributed by atoms with Crippen LogP contribution >= 0.6 is 11.8 Å². The number of hydrogen-bond acceptors (Lipinski definition) is 4. The largest absolute Gasteiger partial charge is 0.224 e. The molecule has 0 saturated carbocycles. The lowest BCUT2D eigenvalue weighted by Crippen LogP contribution is -1.95. The van der Waals surface area contributed by atoms with E-state index in [2.05, 4.69) is 34.6 Å². The molecule has 1 aromatic carbocycles. The lowest BCUT2D eigenvalue weighted by Gasteiger charge is -2.09. The zero-order valence-corrected chi connectivity index (χ0v) is 9.48. The van der Waals surface area contributed by atoms with Gasteiger partial charge in [-0.25, -0.2) is 4.68 Å². The molecule has 78 valence electrons. The molecule has 0 saturated heterocycles. The Labute approximate surface area is 92.7 Å². The molecule has 0 radical (unpaired) electrons. The van der Waals surface area contributed by atoms with Crippen molar-refractivity contribution in [1.82, 2.24) is 20.2 Å². The molecule has 0 unspecified atom stereocenters. The molecule has 4 nitrogen and oxygen atoms in total. The van der Waals surface area contributed by atoms with Crippen molar-refractivity contribution in [3.8, 4) is 0 Å². The molecule has 0 aliphatic carbocycles. The fourth-order valence-electron chi connectivity index (χ4n) is 1.27. The minimum absolute atomic E-state index is 0.357. The van der Waals surface area contributed by atoms with Crippen LogP contribution < -0.4 is 0 Å².